The Morgan fingerprint density at radius 1 is 1.70 bits per heavy atom. The van der Waals surface area contributed by atoms with Crippen LogP contribution in [0.15, 0.2) is 9.98 Å². The second-order valence-corrected chi connectivity index (χ2v) is 1.61. The van der Waals surface area contributed by atoms with E-state index >= 15 is 0 Å². The third kappa shape index (κ3) is 1.04. The molecule has 1 unspecified atom stereocenters. The number of amides is 1. The van der Waals surface area contributed by atoms with Crippen LogP contribution in [0.5, 0.6) is 0 Å². The smallest absolute Gasteiger partial charge is 0.264 e. The molecule has 0 N–H and O–H groups in total. The number of carbonyl (C=O) groups is 1. The molecule has 0 aromatic carbocycles. The van der Waals surface area contributed by atoms with Crippen LogP contribution in [0.25, 0.3) is 0 Å². The fraction of sp³-hybridized carbons (Fsp3) is 0.250. The van der Waals surface area contributed by atoms with Crippen molar-refractivity contribution in [3.05, 3.63) is 10.1 Å². The minimum absolute atomic E-state index is 0.734. The summed E-state index contributed by atoms with van der Waals surface area (Å²) in [7, 11) is 0. The third-order valence-electron chi connectivity index (χ3n) is 0.959. The largest absolute Gasteiger partial charge is 0.327 e. The molecule has 0 aliphatic carbocycles. The summed E-state index contributed by atoms with van der Waals surface area (Å²) in [5.41, 5.74) is 0. The summed E-state index contributed by atoms with van der Waals surface area (Å²) in [6, 6.07) is -1.38. The number of hydrogen-bond donors (Lipinski definition) is 0. The molecule has 6 heteroatoms. The lowest BCUT2D eigenvalue weighted by Gasteiger charge is -1.99. The summed E-state index contributed by atoms with van der Waals surface area (Å²) < 4.78 is 0. The molecule has 0 spiro atoms. The Morgan fingerprint density at radius 2 is 2.40 bits per heavy atom. The summed E-state index contributed by atoms with van der Waals surface area (Å²) in [5, 5.41) is 9.98. The van der Waals surface area contributed by atoms with Gasteiger partial charge in [-0.25, -0.2) is 4.99 Å². The van der Waals surface area contributed by atoms with Crippen molar-refractivity contribution in [1.29, 1.82) is 0 Å². The first-order chi connectivity index (χ1) is 4.72. The topological polar surface area (TPSA) is 84.9 Å². The number of carbonyl (C=O) groups excluding carboxylic acids is 1. The second kappa shape index (κ2) is 2.34. The van der Waals surface area contributed by atoms with Crippen molar-refractivity contribution in [3.8, 4) is 0 Å². The van der Waals surface area contributed by atoms with E-state index in [2.05, 4.69) is 9.98 Å². The maximum atomic E-state index is 10.5. The third-order valence-corrected chi connectivity index (χ3v) is 0.959. The van der Waals surface area contributed by atoms with Gasteiger partial charge in [-0.15, -0.1) is 0 Å². The first-order valence-corrected chi connectivity index (χ1v) is 2.45. The quantitative estimate of drug-likeness (QED) is 0.356. The minimum atomic E-state index is -1.38. The Kier molecular flexibility index (Phi) is 1.53. The zero-order valence-corrected chi connectivity index (χ0v) is 4.80. The van der Waals surface area contributed by atoms with Crippen LogP contribution in [-0.2, 0) is 4.79 Å². The summed E-state index contributed by atoms with van der Waals surface area (Å²) in [6.07, 6.45) is 1.94. The maximum absolute atomic E-state index is 10.5. The molecule has 1 rings (SSSR count). The molecule has 0 saturated carbocycles. The van der Waals surface area contributed by atoms with Gasteiger partial charge in [-0.3, -0.25) is 14.9 Å². The maximum Gasteiger partial charge on any atom is 0.327 e. The van der Waals surface area contributed by atoms with Gasteiger partial charge in [0.05, 0.1) is 6.21 Å². The second-order valence-electron chi connectivity index (χ2n) is 1.61. The van der Waals surface area contributed by atoms with E-state index < -0.39 is 16.9 Å². The first kappa shape index (κ1) is 6.53. The minimum Gasteiger partial charge on any atom is -0.264 e. The van der Waals surface area contributed by atoms with Gasteiger partial charge >= 0.3 is 11.9 Å². The Hall–Kier alpha value is -1.59. The van der Waals surface area contributed by atoms with E-state index in [1.54, 1.807) is 0 Å². The molecule has 1 amide bonds. The molecule has 1 aliphatic heterocycles. The number of aliphatic imine (C=N–C) groups is 2. The lowest BCUT2D eigenvalue weighted by molar-refractivity contribution is -0.487. The van der Waals surface area contributed by atoms with Crippen LogP contribution in [0.1, 0.15) is 0 Å². The lowest BCUT2D eigenvalue weighted by atomic mass is 10.3. The highest BCUT2D eigenvalue weighted by molar-refractivity contribution is 6.04. The van der Waals surface area contributed by atoms with Crippen molar-refractivity contribution in [2.24, 2.45) is 9.98 Å². The predicted molar refractivity (Wildman–Crippen MR) is 32.8 cm³/mol. The van der Waals surface area contributed by atoms with Crippen LogP contribution in [0.3, 0.4) is 0 Å². The van der Waals surface area contributed by atoms with Gasteiger partial charge in [-0.05, 0) is 0 Å². The highest BCUT2D eigenvalue weighted by Crippen LogP contribution is 1.93. The van der Waals surface area contributed by atoms with Crippen molar-refractivity contribution in [2.75, 3.05) is 0 Å². The normalized spacial score (nSPS) is 23.2. The van der Waals surface area contributed by atoms with Gasteiger partial charge in [-0.2, -0.15) is 4.99 Å². The molecule has 0 fully saturated rings. The molecule has 10 heavy (non-hydrogen) atoms. The van der Waals surface area contributed by atoms with Crippen molar-refractivity contribution in [1.82, 2.24) is 0 Å². The molecular formula is C4H3N3O3. The molecule has 0 aromatic rings. The highest BCUT2D eigenvalue weighted by Gasteiger charge is 2.28. The monoisotopic (exact) mass is 141 g/mol. The molecule has 0 saturated heterocycles. The van der Waals surface area contributed by atoms with Gasteiger partial charge in [-0.1, -0.05) is 0 Å². The van der Waals surface area contributed by atoms with Crippen molar-refractivity contribution < 1.29 is 9.72 Å². The van der Waals surface area contributed by atoms with E-state index in [0.717, 1.165) is 12.6 Å². The number of rotatable bonds is 1. The van der Waals surface area contributed by atoms with Crippen molar-refractivity contribution >= 4 is 18.5 Å². The van der Waals surface area contributed by atoms with E-state index in [1.165, 1.54) is 0 Å². The predicted octanol–water partition coefficient (Wildman–Crippen LogP) is -0.729. The van der Waals surface area contributed by atoms with Gasteiger partial charge < -0.3 is 0 Å². The summed E-state index contributed by atoms with van der Waals surface area (Å²) >= 11 is 0. The Labute approximate surface area is 55.4 Å². The molecule has 0 bridgehead atoms. The van der Waals surface area contributed by atoms with Crippen LogP contribution in [-0.4, -0.2) is 29.4 Å². The Balaban J connectivity index is 2.80. The summed E-state index contributed by atoms with van der Waals surface area (Å²) in [4.78, 5) is 26.2. The van der Waals surface area contributed by atoms with Crippen LogP contribution in [0, 0.1) is 10.1 Å². The van der Waals surface area contributed by atoms with Gasteiger partial charge in [0, 0.05) is 4.92 Å². The van der Waals surface area contributed by atoms with E-state index in [4.69, 9.17) is 0 Å². The highest BCUT2D eigenvalue weighted by atomic mass is 16.6. The summed E-state index contributed by atoms with van der Waals surface area (Å²) in [6.45, 7) is 0. The molecule has 0 radical (unpaired) electrons. The average molecular weight is 141 g/mol. The molecule has 52 valence electrons. The van der Waals surface area contributed by atoms with Crippen molar-refractivity contribution in [2.45, 2.75) is 6.04 Å². The van der Waals surface area contributed by atoms with Gasteiger partial charge in [0.2, 0.25) is 0 Å². The van der Waals surface area contributed by atoms with Gasteiger partial charge in [0.1, 0.15) is 6.34 Å². The van der Waals surface area contributed by atoms with E-state index in [1.807, 2.05) is 0 Å². The number of hydrogen-bond acceptors (Lipinski definition) is 4. The van der Waals surface area contributed by atoms with Gasteiger partial charge in [0.15, 0.2) is 0 Å². The van der Waals surface area contributed by atoms with Crippen LogP contribution < -0.4 is 0 Å². The molecule has 0 aromatic heterocycles. The number of nitrogens with zero attached hydrogens (tertiary/aromatic N) is 3. The molecule has 1 heterocycles. The first-order valence-electron chi connectivity index (χ1n) is 2.45. The van der Waals surface area contributed by atoms with Crippen molar-refractivity contribution in [3.63, 3.8) is 0 Å². The number of nitro groups is 1. The van der Waals surface area contributed by atoms with E-state index in [0.29, 0.717) is 0 Å². The molecular weight excluding hydrogens is 138 g/mol. The van der Waals surface area contributed by atoms with Crippen LogP contribution >= 0.6 is 0 Å². The molecule has 1 atom stereocenters. The fourth-order valence-electron chi connectivity index (χ4n) is 0.495. The average Bonchev–Trinajstić information content (AvgIpc) is 1.88. The van der Waals surface area contributed by atoms with E-state index in [-0.39, 0.29) is 0 Å². The van der Waals surface area contributed by atoms with Crippen LogP contribution in [0.2, 0.25) is 0 Å². The summed E-state index contributed by atoms with van der Waals surface area (Å²) in [5.74, 6) is -0.778. The van der Waals surface area contributed by atoms with Crippen LogP contribution in [0.4, 0.5) is 0 Å². The van der Waals surface area contributed by atoms with Gasteiger partial charge in [0.25, 0.3) is 0 Å². The molecule has 6 nitrogen and oxygen atoms in total. The molecule has 1 aliphatic rings. The Bertz CT molecular complexity index is 232. The Morgan fingerprint density at radius 3 is 2.80 bits per heavy atom. The van der Waals surface area contributed by atoms with E-state index in [9.17, 15) is 14.9 Å². The fourth-order valence-corrected chi connectivity index (χ4v) is 0.495. The standard InChI is InChI=1S/C4H3N3O3/c8-4-3(7(9)10)1-5-2-6-4/h1-3H. The zero-order valence-electron chi connectivity index (χ0n) is 4.80. The zero-order chi connectivity index (χ0) is 7.56. The lowest BCUT2D eigenvalue weighted by Crippen LogP contribution is -2.31. The SMILES string of the molecule is O=C1N=CN=CC1[N+](=O)[O-].